The zero-order valence-corrected chi connectivity index (χ0v) is 11.3. The van der Waals surface area contributed by atoms with Crippen LogP contribution in [0, 0.1) is 0 Å². The minimum Gasteiger partial charge on any atom is -0.477 e. The Morgan fingerprint density at radius 1 is 1.22 bits per heavy atom. The zero-order valence-electron chi connectivity index (χ0n) is 9.69. The number of halogens is 1. The fourth-order valence-electron chi connectivity index (χ4n) is 2.52. The number of benzene rings is 1. The summed E-state index contributed by atoms with van der Waals surface area (Å²) in [7, 11) is 0. The van der Waals surface area contributed by atoms with Crippen LogP contribution in [-0.2, 0) is 12.8 Å². The molecule has 0 unspecified atom stereocenters. The molecule has 1 aliphatic carbocycles. The van der Waals surface area contributed by atoms with E-state index in [0.29, 0.717) is 0 Å². The van der Waals surface area contributed by atoms with E-state index in [1.165, 1.54) is 17.5 Å². The van der Waals surface area contributed by atoms with Gasteiger partial charge in [-0.2, -0.15) is 0 Å². The smallest absolute Gasteiger partial charge is 0.352 e. The van der Waals surface area contributed by atoms with Crippen LogP contribution in [0.5, 0.6) is 0 Å². The van der Waals surface area contributed by atoms with Crippen LogP contribution in [-0.4, -0.2) is 15.6 Å². The maximum absolute atomic E-state index is 11.2. The van der Waals surface area contributed by atoms with E-state index in [4.69, 9.17) is 0 Å². The Morgan fingerprint density at radius 2 is 2.00 bits per heavy atom. The first-order valence-electron chi connectivity index (χ1n) is 5.88. The van der Waals surface area contributed by atoms with Crippen molar-refractivity contribution in [3.8, 4) is 5.69 Å². The molecule has 4 heteroatoms. The molecule has 2 aromatic rings. The van der Waals surface area contributed by atoms with Crippen molar-refractivity contribution < 1.29 is 9.90 Å². The Balaban J connectivity index is 2.12. The van der Waals surface area contributed by atoms with Gasteiger partial charge in [-0.1, -0.05) is 6.07 Å². The van der Waals surface area contributed by atoms with Gasteiger partial charge in [0.1, 0.15) is 5.69 Å². The van der Waals surface area contributed by atoms with Gasteiger partial charge in [-0.25, -0.2) is 4.79 Å². The molecule has 1 heterocycles. The van der Waals surface area contributed by atoms with Crippen molar-refractivity contribution in [1.29, 1.82) is 0 Å². The van der Waals surface area contributed by atoms with E-state index in [0.717, 1.165) is 23.0 Å². The van der Waals surface area contributed by atoms with Crippen LogP contribution < -0.4 is 0 Å². The van der Waals surface area contributed by atoms with Crippen molar-refractivity contribution in [3.63, 3.8) is 0 Å². The molecule has 0 bridgehead atoms. The van der Waals surface area contributed by atoms with E-state index in [-0.39, 0.29) is 5.69 Å². The molecule has 1 aromatic carbocycles. The Morgan fingerprint density at radius 3 is 2.78 bits per heavy atom. The molecule has 1 N–H and O–H groups in total. The molecule has 0 saturated carbocycles. The number of fused-ring (bicyclic) bond motifs is 1. The summed E-state index contributed by atoms with van der Waals surface area (Å²) < 4.78 is 2.49. The lowest BCUT2D eigenvalue weighted by molar-refractivity contribution is 0.0688. The van der Waals surface area contributed by atoms with Crippen LogP contribution in [0.15, 0.2) is 34.9 Å². The first-order valence-corrected chi connectivity index (χ1v) is 6.68. The Bertz CT molecular complexity index is 631. The quantitative estimate of drug-likeness (QED) is 0.923. The van der Waals surface area contributed by atoms with Gasteiger partial charge in [0.2, 0.25) is 0 Å². The van der Waals surface area contributed by atoms with Gasteiger partial charge >= 0.3 is 5.97 Å². The number of aryl methyl sites for hydroxylation is 2. The number of hydrogen-bond donors (Lipinski definition) is 1. The first kappa shape index (κ1) is 11.5. The van der Waals surface area contributed by atoms with Gasteiger partial charge in [0.25, 0.3) is 0 Å². The summed E-state index contributed by atoms with van der Waals surface area (Å²) in [6.07, 6.45) is 5.21. The highest BCUT2D eigenvalue weighted by atomic mass is 79.9. The summed E-state index contributed by atoms with van der Waals surface area (Å²) in [5.74, 6) is -0.916. The monoisotopic (exact) mass is 305 g/mol. The van der Waals surface area contributed by atoms with Crippen molar-refractivity contribution in [2.45, 2.75) is 19.3 Å². The number of rotatable bonds is 2. The molecule has 0 atom stereocenters. The van der Waals surface area contributed by atoms with E-state index < -0.39 is 5.97 Å². The van der Waals surface area contributed by atoms with Crippen LogP contribution in [0.2, 0.25) is 0 Å². The van der Waals surface area contributed by atoms with Gasteiger partial charge in [0.15, 0.2) is 0 Å². The van der Waals surface area contributed by atoms with Crippen molar-refractivity contribution in [3.05, 3.63) is 51.8 Å². The summed E-state index contributed by atoms with van der Waals surface area (Å²) in [5, 5.41) is 9.19. The van der Waals surface area contributed by atoms with E-state index in [2.05, 4.69) is 28.1 Å². The molecule has 1 aliphatic rings. The van der Waals surface area contributed by atoms with Gasteiger partial charge < -0.3 is 9.67 Å². The third-order valence-electron chi connectivity index (χ3n) is 3.37. The Hall–Kier alpha value is -1.55. The van der Waals surface area contributed by atoms with Crippen LogP contribution in [0.4, 0.5) is 0 Å². The molecule has 0 spiro atoms. The molecule has 92 valence electrons. The third kappa shape index (κ3) is 1.86. The lowest BCUT2D eigenvalue weighted by Gasteiger charge is -2.08. The summed E-state index contributed by atoms with van der Waals surface area (Å²) in [5.41, 5.74) is 3.93. The van der Waals surface area contributed by atoms with Crippen LogP contribution in [0.3, 0.4) is 0 Å². The second-order valence-electron chi connectivity index (χ2n) is 4.53. The normalized spacial score (nSPS) is 13.6. The van der Waals surface area contributed by atoms with Crippen molar-refractivity contribution in [2.24, 2.45) is 0 Å². The van der Waals surface area contributed by atoms with Gasteiger partial charge in [-0.05, 0) is 64.5 Å². The molecule has 18 heavy (non-hydrogen) atoms. The molecule has 0 fully saturated rings. The largest absolute Gasteiger partial charge is 0.477 e. The first-order chi connectivity index (χ1) is 8.65. The predicted octanol–water partition coefficient (Wildman–Crippen LogP) is 3.43. The number of carbonyl (C=O) groups is 1. The minimum absolute atomic E-state index is 0.278. The molecule has 0 radical (unpaired) electrons. The number of carboxylic acids is 1. The summed E-state index contributed by atoms with van der Waals surface area (Å²) in [6, 6.07) is 7.82. The van der Waals surface area contributed by atoms with Crippen molar-refractivity contribution >= 4 is 21.9 Å². The van der Waals surface area contributed by atoms with Gasteiger partial charge in [0.05, 0.1) is 0 Å². The van der Waals surface area contributed by atoms with Gasteiger partial charge in [-0.15, -0.1) is 0 Å². The SMILES string of the molecule is O=C(O)c1cc(Br)cn1-c1ccc2c(c1)CCC2. The van der Waals surface area contributed by atoms with E-state index in [9.17, 15) is 9.90 Å². The molecule has 1 aromatic heterocycles. The highest BCUT2D eigenvalue weighted by Crippen LogP contribution is 2.26. The summed E-state index contributed by atoms with van der Waals surface area (Å²) in [4.78, 5) is 11.2. The predicted molar refractivity (Wildman–Crippen MR) is 72.5 cm³/mol. The number of aromatic carboxylic acids is 1. The second-order valence-corrected chi connectivity index (χ2v) is 5.44. The third-order valence-corrected chi connectivity index (χ3v) is 3.80. The van der Waals surface area contributed by atoms with Gasteiger partial charge in [0, 0.05) is 16.4 Å². The maximum Gasteiger partial charge on any atom is 0.352 e. The molecule has 3 rings (SSSR count). The van der Waals surface area contributed by atoms with Crippen molar-refractivity contribution in [2.75, 3.05) is 0 Å². The fourth-order valence-corrected chi connectivity index (χ4v) is 2.94. The van der Waals surface area contributed by atoms with Gasteiger partial charge in [-0.3, -0.25) is 0 Å². The van der Waals surface area contributed by atoms with Crippen molar-refractivity contribution in [1.82, 2.24) is 4.57 Å². The Labute approximate surface area is 113 Å². The molecular formula is C14H12BrNO2. The van der Waals surface area contributed by atoms with E-state index in [1.54, 1.807) is 16.8 Å². The number of carboxylic acid groups (broad SMARTS) is 1. The number of nitrogens with zero attached hydrogens (tertiary/aromatic N) is 1. The van der Waals surface area contributed by atoms with Crippen LogP contribution >= 0.6 is 15.9 Å². The van der Waals surface area contributed by atoms with Crippen LogP contribution in [0.25, 0.3) is 5.69 Å². The Kier molecular flexibility index (Phi) is 2.74. The average Bonchev–Trinajstić information content (AvgIpc) is 2.93. The lowest BCUT2D eigenvalue weighted by Crippen LogP contribution is -2.05. The summed E-state index contributed by atoms with van der Waals surface area (Å²) in [6.45, 7) is 0. The minimum atomic E-state index is -0.916. The topological polar surface area (TPSA) is 42.2 Å². The zero-order chi connectivity index (χ0) is 12.7. The second kappa shape index (κ2) is 4.28. The van der Waals surface area contributed by atoms with E-state index in [1.807, 2.05) is 6.07 Å². The molecule has 0 saturated heterocycles. The van der Waals surface area contributed by atoms with E-state index >= 15 is 0 Å². The average molecular weight is 306 g/mol. The highest BCUT2D eigenvalue weighted by Gasteiger charge is 2.15. The summed E-state index contributed by atoms with van der Waals surface area (Å²) >= 11 is 3.33. The van der Waals surface area contributed by atoms with Crippen LogP contribution in [0.1, 0.15) is 28.0 Å². The molecule has 0 amide bonds. The number of hydrogen-bond acceptors (Lipinski definition) is 1. The lowest BCUT2D eigenvalue weighted by atomic mass is 10.1. The molecule has 3 nitrogen and oxygen atoms in total. The molecular weight excluding hydrogens is 294 g/mol. The highest BCUT2D eigenvalue weighted by molar-refractivity contribution is 9.10. The fraction of sp³-hybridized carbons (Fsp3) is 0.214. The molecule has 0 aliphatic heterocycles. The number of aromatic nitrogens is 1. The standard InChI is InChI=1S/C14H12BrNO2/c15-11-7-13(14(17)18)16(8-11)12-5-4-9-2-1-3-10(9)6-12/h4-8H,1-3H2,(H,17,18). The maximum atomic E-state index is 11.2.